The smallest absolute Gasteiger partial charge is 1.00 e. The van der Waals surface area contributed by atoms with Crippen LogP contribution in [-0.4, -0.2) is 0 Å². The molecule has 0 N–H and O–H groups in total. The number of benzene rings is 2. The molecule has 1 aliphatic rings. The van der Waals surface area contributed by atoms with Crippen LogP contribution in [0.5, 0.6) is 0 Å². The summed E-state index contributed by atoms with van der Waals surface area (Å²) in [5.41, 5.74) is 1.32. The molecule has 0 aromatic heterocycles. The molecule has 0 heterocycles. The van der Waals surface area contributed by atoms with E-state index in [1.165, 1.54) is 27.1 Å². The molecule has 115 valence electrons. The second kappa shape index (κ2) is 10.7. The molecule has 1 radical (unpaired) electrons. The Morgan fingerprint density at radius 1 is 0.870 bits per heavy atom. The van der Waals surface area contributed by atoms with Crippen molar-refractivity contribution < 1.29 is 51.0 Å². The number of hydrogen-bond acceptors (Lipinski definition) is 0. The Morgan fingerprint density at radius 3 is 1.78 bits per heavy atom. The first-order valence-corrected chi connectivity index (χ1v) is 6.90. The van der Waals surface area contributed by atoms with E-state index >= 15 is 0 Å². The summed E-state index contributed by atoms with van der Waals surface area (Å²) in [6.07, 6.45) is 9.21. The maximum atomic E-state index is 3.63. The Bertz CT molecular complexity index is 762. The van der Waals surface area contributed by atoms with Gasteiger partial charge in [0.25, 0.3) is 0 Å². The van der Waals surface area contributed by atoms with Crippen molar-refractivity contribution in [2.45, 2.75) is 6.42 Å². The number of hydrogen-bond donors (Lipinski definition) is 0. The van der Waals surface area contributed by atoms with Gasteiger partial charge in [-0.25, -0.2) is 0 Å². The molecule has 0 aliphatic heterocycles. The fourth-order valence-electron chi connectivity index (χ4n) is 2.52. The Morgan fingerprint density at radius 2 is 1.39 bits per heavy atom. The average Bonchev–Trinajstić information content (AvgIpc) is 3.15. The van der Waals surface area contributed by atoms with Crippen LogP contribution in [-0.2, 0) is 26.2 Å². The zero-order valence-corrected chi connectivity index (χ0v) is 16.6. The number of allylic oxidation sites excluding steroid dienone is 5. The van der Waals surface area contributed by atoms with Gasteiger partial charge in [-0.15, -0.1) is 39.7 Å². The number of halogens is 2. The van der Waals surface area contributed by atoms with Gasteiger partial charge in [-0.3, -0.25) is 0 Å². The van der Waals surface area contributed by atoms with Crippen molar-refractivity contribution in [3.05, 3.63) is 91.1 Å². The molecule has 0 saturated carbocycles. The summed E-state index contributed by atoms with van der Waals surface area (Å²) in [4.78, 5) is 0. The molecule has 0 unspecified atom stereocenters. The van der Waals surface area contributed by atoms with Gasteiger partial charge in [0.1, 0.15) is 0 Å². The first-order valence-electron chi connectivity index (χ1n) is 6.90. The van der Waals surface area contributed by atoms with Crippen LogP contribution < -0.4 is 24.8 Å². The Kier molecular flexibility index (Phi) is 10.2. The molecule has 0 nitrogen and oxygen atoms in total. The predicted molar refractivity (Wildman–Crippen MR) is 89.1 cm³/mol. The summed E-state index contributed by atoms with van der Waals surface area (Å²) in [6.45, 7) is 3.63. The average molecular weight is 419 g/mol. The summed E-state index contributed by atoms with van der Waals surface area (Å²) in [6, 6.07) is 19.3. The topological polar surface area (TPSA) is 0 Å². The van der Waals surface area contributed by atoms with Gasteiger partial charge in [-0.2, -0.15) is 0 Å². The summed E-state index contributed by atoms with van der Waals surface area (Å²) < 4.78 is 0. The van der Waals surface area contributed by atoms with Crippen molar-refractivity contribution in [3.63, 3.8) is 0 Å². The van der Waals surface area contributed by atoms with E-state index in [4.69, 9.17) is 0 Å². The molecule has 1 aliphatic carbocycles. The number of rotatable bonds is 1. The standard InChI is InChI=1S/C13H9.C7H8.2ClH.Zr/c1-3-7-12-10(5-1)9-11-6-2-4-8-13(11)12;1-2-7-5-3-4-6-7;;;/h1-9H;2-5H,1,6H2;2*1H;/q-1;;;;+3/p-2. The van der Waals surface area contributed by atoms with Gasteiger partial charge in [0.2, 0.25) is 0 Å². The maximum absolute atomic E-state index is 3.63. The van der Waals surface area contributed by atoms with Crippen molar-refractivity contribution >= 4 is 21.5 Å². The SMILES string of the molecule is C=CC1=CC=CC1.[Cl-].[Cl-].[Zr+3].c1ccc2c(c1)[cH-]c1ccccc12. The van der Waals surface area contributed by atoms with Gasteiger partial charge < -0.3 is 24.8 Å². The minimum atomic E-state index is 0. The molecule has 0 atom stereocenters. The van der Waals surface area contributed by atoms with Gasteiger partial charge in [0, 0.05) is 0 Å². The molecule has 0 amide bonds. The molecule has 3 heteroatoms. The molecule has 0 spiro atoms. The fourth-order valence-corrected chi connectivity index (χ4v) is 2.52. The summed E-state index contributed by atoms with van der Waals surface area (Å²) in [5.74, 6) is 0. The van der Waals surface area contributed by atoms with Crippen LogP contribution in [0.4, 0.5) is 0 Å². The summed E-state index contributed by atoms with van der Waals surface area (Å²) in [7, 11) is 0. The molecular weight excluding hydrogens is 402 g/mol. The molecule has 23 heavy (non-hydrogen) atoms. The van der Waals surface area contributed by atoms with Gasteiger partial charge >= 0.3 is 26.2 Å². The van der Waals surface area contributed by atoms with E-state index in [9.17, 15) is 0 Å². The van der Waals surface area contributed by atoms with Crippen LogP contribution in [0.15, 0.2) is 91.1 Å². The first kappa shape index (κ1) is 22.0. The van der Waals surface area contributed by atoms with E-state index in [-0.39, 0.29) is 51.0 Å². The second-order valence-corrected chi connectivity index (χ2v) is 4.90. The molecule has 3 aromatic rings. The van der Waals surface area contributed by atoms with Crippen molar-refractivity contribution in [2.24, 2.45) is 0 Å². The largest absolute Gasteiger partial charge is 3.00 e. The van der Waals surface area contributed by atoms with E-state index in [1.54, 1.807) is 0 Å². The number of fused-ring (bicyclic) bond motifs is 3. The van der Waals surface area contributed by atoms with Crippen LogP contribution >= 0.6 is 0 Å². The van der Waals surface area contributed by atoms with E-state index in [2.05, 4.69) is 79.4 Å². The second-order valence-electron chi connectivity index (χ2n) is 4.90. The van der Waals surface area contributed by atoms with Crippen molar-refractivity contribution in [3.8, 4) is 0 Å². The monoisotopic (exact) mass is 417 g/mol. The first-order chi connectivity index (χ1) is 9.88. The van der Waals surface area contributed by atoms with Crippen LogP contribution in [0.2, 0.25) is 0 Å². The summed E-state index contributed by atoms with van der Waals surface area (Å²) >= 11 is 0. The Labute approximate surface area is 169 Å². The van der Waals surface area contributed by atoms with Crippen LogP contribution in [0.1, 0.15) is 6.42 Å². The summed E-state index contributed by atoms with van der Waals surface area (Å²) in [5, 5.41) is 5.39. The molecule has 0 bridgehead atoms. The van der Waals surface area contributed by atoms with Crippen molar-refractivity contribution in [1.82, 2.24) is 0 Å². The Hall–Kier alpha value is -1.01. The molecular formula is C20H17Cl2Zr. The molecule has 0 fully saturated rings. The van der Waals surface area contributed by atoms with Gasteiger partial charge in [0.05, 0.1) is 0 Å². The molecule has 3 aromatic carbocycles. The third-order valence-corrected chi connectivity index (χ3v) is 3.58. The van der Waals surface area contributed by atoms with E-state index in [0.29, 0.717) is 0 Å². The van der Waals surface area contributed by atoms with E-state index in [1.807, 2.05) is 6.08 Å². The zero-order valence-electron chi connectivity index (χ0n) is 12.7. The molecule has 0 saturated heterocycles. The maximum Gasteiger partial charge on any atom is 3.00 e. The van der Waals surface area contributed by atoms with Crippen molar-refractivity contribution in [1.29, 1.82) is 0 Å². The minimum absolute atomic E-state index is 0. The van der Waals surface area contributed by atoms with Crippen molar-refractivity contribution in [2.75, 3.05) is 0 Å². The van der Waals surface area contributed by atoms with E-state index in [0.717, 1.165) is 6.42 Å². The molecule has 4 rings (SSSR count). The quantitative estimate of drug-likeness (QED) is 0.479. The predicted octanol–water partition coefficient (Wildman–Crippen LogP) is -0.224. The third-order valence-electron chi connectivity index (χ3n) is 3.58. The van der Waals surface area contributed by atoms with Gasteiger partial charge in [0.15, 0.2) is 0 Å². The third kappa shape index (κ3) is 5.25. The van der Waals surface area contributed by atoms with Crippen LogP contribution in [0.25, 0.3) is 21.5 Å². The van der Waals surface area contributed by atoms with Crippen LogP contribution in [0, 0.1) is 0 Å². The minimum Gasteiger partial charge on any atom is -1.00 e. The van der Waals surface area contributed by atoms with Gasteiger partial charge in [-0.05, 0) is 12.0 Å². The van der Waals surface area contributed by atoms with Gasteiger partial charge in [-0.1, -0.05) is 67.3 Å². The normalized spacial score (nSPS) is 11.4. The fraction of sp³-hybridized carbons (Fsp3) is 0.0500. The Balaban J connectivity index is 0.000000426. The van der Waals surface area contributed by atoms with Crippen LogP contribution in [0.3, 0.4) is 0 Å². The zero-order chi connectivity index (χ0) is 13.8. The van der Waals surface area contributed by atoms with E-state index < -0.39 is 0 Å².